The first kappa shape index (κ1) is 19.2. The zero-order valence-electron chi connectivity index (χ0n) is 17.5. The summed E-state index contributed by atoms with van der Waals surface area (Å²) in [6.45, 7) is 7.65. The third kappa shape index (κ3) is 3.20. The molecule has 0 aliphatic carbocycles. The maximum absolute atomic E-state index is 13.0. The molecule has 1 amide bonds. The fraction of sp³-hybridized carbons (Fsp3) is 0.409. The van der Waals surface area contributed by atoms with E-state index in [1.807, 2.05) is 18.2 Å². The van der Waals surface area contributed by atoms with Crippen LogP contribution < -0.4 is 10.3 Å². The van der Waals surface area contributed by atoms with E-state index in [-0.39, 0.29) is 22.9 Å². The van der Waals surface area contributed by atoms with Crippen LogP contribution in [0.1, 0.15) is 43.0 Å². The van der Waals surface area contributed by atoms with E-state index in [4.69, 9.17) is 9.72 Å². The Morgan fingerprint density at radius 3 is 2.55 bits per heavy atom. The number of imidazole rings is 1. The van der Waals surface area contributed by atoms with Crippen molar-refractivity contribution in [3.05, 3.63) is 58.3 Å². The number of hydrogen-bond donors (Lipinski definition) is 0. The van der Waals surface area contributed by atoms with Crippen LogP contribution in [-0.4, -0.2) is 45.1 Å². The zero-order chi connectivity index (χ0) is 20.9. The van der Waals surface area contributed by atoms with Crippen molar-refractivity contribution in [3.8, 4) is 5.75 Å². The average molecular weight is 394 g/mol. The van der Waals surface area contributed by atoms with Gasteiger partial charge >= 0.3 is 0 Å². The van der Waals surface area contributed by atoms with Gasteiger partial charge in [0.1, 0.15) is 11.6 Å². The molecule has 2 aromatic heterocycles. The minimum absolute atomic E-state index is 0.107. The maximum atomic E-state index is 13.0. The molecule has 1 aliphatic heterocycles. The van der Waals surface area contributed by atoms with Gasteiger partial charge in [0, 0.05) is 37.8 Å². The van der Waals surface area contributed by atoms with E-state index in [9.17, 15) is 9.59 Å². The van der Waals surface area contributed by atoms with Crippen LogP contribution in [0, 0.1) is 0 Å². The lowest BCUT2D eigenvalue weighted by Crippen LogP contribution is -2.51. The van der Waals surface area contributed by atoms with Gasteiger partial charge in [0.15, 0.2) is 0 Å². The predicted molar refractivity (Wildman–Crippen MR) is 112 cm³/mol. The van der Waals surface area contributed by atoms with Gasteiger partial charge in [-0.2, -0.15) is 0 Å². The number of amides is 1. The van der Waals surface area contributed by atoms with Crippen LogP contribution in [-0.2, 0) is 12.5 Å². The second-order valence-corrected chi connectivity index (χ2v) is 8.61. The number of aromatic nitrogens is 3. The van der Waals surface area contributed by atoms with Crippen molar-refractivity contribution in [1.29, 1.82) is 0 Å². The van der Waals surface area contributed by atoms with E-state index in [1.54, 1.807) is 18.1 Å². The number of likely N-dealkylation sites (tertiary alicyclic amines) is 1. The predicted octanol–water partition coefficient (Wildman–Crippen LogP) is 2.74. The summed E-state index contributed by atoms with van der Waals surface area (Å²) in [4.78, 5) is 31.5. The lowest BCUT2D eigenvalue weighted by Gasteiger charge is -2.42. The summed E-state index contributed by atoms with van der Waals surface area (Å²) >= 11 is 0. The first-order valence-electron chi connectivity index (χ1n) is 9.72. The number of pyridine rings is 1. The minimum atomic E-state index is -0.209. The molecular formula is C22H26N4O3. The van der Waals surface area contributed by atoms with Crippen LogP contribution in [0.15, 0.2) is 41.3 Å². The van der Waals surface area contributed by atoms with Gasteiger partial charge in [-0.15, -0.1) is 0 Å². The molecule has 1 saturated heterocycles. The minimum Gasteiger partial charge on any atom is -0.496 e. The van der Waals surface area contributed by atoms with Crippen molar-refractivity contribution < 1.29 is 9.53 Å². The number of benzene rings is 1. The summed E-state index contributed by atoms with van der Waals surface area (Å²) in [5.41, 5.74) is 2.15. The molecule has 1 fully saturated rings. The number of rotatable bonds is 3. The van der Waals surface area contributed by atoms with Crippen LogP contribution in [0.4, 0.5) is 0 Å². The van der Waals surface area contributed by atoms with Crippen LogP contribution in [0.2, 0.25) is 0 Å². The normalized spacial score (nSPS) is 14.9. The standard InChI is InChI=1S/C22H26N4O3/c1-22(2,3)21-23-16-8-6-7-9-17(16)26(21)14-11-25(12-14)20(28)15-13-24(4)19(27)10-18(15)29-5/h6-10,13-14H,11-12H2,1-5H3. The highest BCUT2D eigenvalue weighted by molar-refractivity contribution is 5.97. The van der Waals surface area contributed by atoms with Gasteiger partial charge in [0.25, 0.3) is 11.5 Å². The molecule has 0 bridgehead atoms. The van der Waals surface area contributed by atoms with Crippen LogP contribution in [0.3, 0.4) is 0 Å². The molecule has 0 saturated carbocycles. The van der Waals surface area contributed by atoms with Gasteiger partial charge in [0.2, 0.25) is 0 Å². The molecular weight excluding hydrogens is 368 g/mol. The van der Waals surface area contributed by atoms with E-state index >= 15 is 0 Å². The van der Waals surface area contributed by atoms with E-state index in [2.05, 4.69) is 31.4 Å². The number of ether oxygens (including phenoxy) is 1. The molecule has 1 aromatic carbocycles. The lowest BCUT2D eigenvalue weighted by molar-refractivity contribution is 0.0514. The molecule has 7 heteroatoms. The fourth-order valence-corrected chi connectivity index (χ4v) is 3.84. The maximum Gasteiger partial charge on any atom is 0.259 e. The van der Waals surface area contributed by atoms with Crippen molar-refractivity contribution in [3.63, 3.8) is 0 Å². The largest absolute Gasteiger partial charge is 0.496 e. The molecule has 0 radical (unpaired) electrons. The van der Waals surface area contributed by atoms with E-state index in [0.717, 1.165) is 16.9 Å². The zero-order valence-corrected chi connectivity index (χ0v) is 17.5. The molecule has 3 heterocycles. The summed E-state index contributed by atoms with van der Waals surface area (Å²) in [6.07, 6.45) is 1.55. The summed E-state index contributed by atoms with van der Waals surface area (Å²) < 4.78 is 8.94. The Hall–Kier alpha value is -3.09. The summed E-state index contributed by atoms with van der Waals surface area (Å²) in [5.74, 6) is 1.20. The molecule has 0 spiro atoms. The Morgan fingerprint density at radius 1 is 1.21 bits per heavy atom. The van der Waals surface area contributed by atoms with Crippen LogP contribution in [0.5, 0.6) is 5.75 Å². The Bertz CT molecular complexity index is 1150. The van der Waals surface area contributed by atoms with Gasteiger partial charge in [-0.1, -0.05) is 32.9 Å². The number of nitrogens with zero attached hydrogens (tertiary/aromatic N) is 4. The van der Waals surface area contributed by atoms with Crippen LogP contribution >= 0.6 is 0 Å². The monoisotopic (exact) mass is 394 g/mol. The third-order valence-corrected chi connectivity index (χ3v) is 5.42. The first-order valence-corrected chi connectivity index (χ1v) is 9.72. The van der Waals surface area contributed by atoms with E-state index < -0.39 is 0 Å². The van der Waals surface area contributed by atoms with Crippen molar-refractivity contribution >= 4 is 16.9 Å². The first-order chi connectivity index (χ1) is 13.7. The number of aryl methyl sites for hydroxylation is 1. The van der Waals surface area contributed by atoms with E-state index in [1.165, 1.54) is 17.7 Å². The quantitative estimate of drug-likeness (QED) is 0.685. The fourth-order valence-electron chi connectivity index (χ4n) is 3.84. The number of para-hydroxylation sites is 2. The lowest BCUT2D eigenvalue weighted by atomic mass is 9.94. The molecule has 0 atom stereocenters. The highest BCUT2D eigenvalue weighted by Gasteiger charge is 2.37. The van der Waals surface area contributed by atoms with E-state index in [0.29, 0.717) is 24.4 Å². The third-order valence-electron chi connectivity index (χ3n) is 5.42. The Balaban J connectivity index is 1.64. The molecule has 4 rings (SSSR count). The average Bonchev–Trinajstić information content (AvgIpc) is 3.02. The second-order valence-electron chi connectivity index (χ2n) is 8.61. The number of fused-ring (bicyclic) bond motifs is 1. The Morgan fingerprint density at radius 2 is 1.90 bits per heavy atom. The van der Waals surface area contributed by atoms with Gasteiger partial charge in [-0.05, 0) is 12.1 Å². The van der Waals surface area contributed by atoms with Crippen molar-refractivity contribution in [2.24, 2.45) is 7.05 Å². The topological polar surface area (TPSA) is 69.4 Å². The van der Waals surface area contributed by atoms with Crippen molar-refractivity contribution in [1.82, 2.24) is 19.0 Å². The number of carbonyl (C=O) groups is 1. The molecule has 1 aliphatic rings. The van der Waals surface area contributed by atoms with Crippen molar-refractivity contribution in [2.75, 3.05) is 20.2 Å². The van der Waals surface area contributed by atoms with Gasteiger partial charge in [-0.3, -0.25) is 9.59 Å². The molecule has 7 nitrogen and oxygen atoms in total. The number of carbonyl (C=O) groups excluding carboxylic acids is 1. The SMILES string of the molecule is COc1cc(=O)n(C)cc1C(=O)N1CC(n2c(C(C)(C)C)nc3ccccc32)C1. The number of methoxy groups -OCH3 is 1. The highest BCUT2D eigenvalue weighted by atomic mass is 16.5. The smallest absolute Gasteiger partial charge is 0.259 e. The highest BCUT2D eigenvalue weighted by Crippen LogP contribution is 2.34. The summed E-state index contributed by atoms with van der Waals surface area (Å²) in [7, 11) is 3.10. The van der Waals surface area contributed by atoms with Crippen LogP contribution in [0.25, 0.3) is 11.0 Å². The molecule has 3 aromatic rings. The molecule has 29 heavy (non-hydrogen) atoms. The van der Waals surface area contributed by atoms with Gasteiger partial charge < -0.3 is 18.8 Å². The van der Waals surface area contributed by atoms with Crippen molar-refractivity contribution in [2.45, 2.75) is 32.2 Å². The summed E-state index contributed by atoms with van der Waals surface area (Å²) in [5, 5.41) is 0. The molecule has 152 valence electrons. The Kier molecular flexibility index (Phi) is 4.48. The summed E-state index contributed by atoms with van der Waals surface area (Å²) in [6, 6.07) is 9.64. The van der Waals surface area contributed by atoms with Gasteiger partial charge in [-0.25, -0.2) is 4.98 Å². The van der Waals surface area contributed by atoms with Gasteiger partial charge in [0.05, 0.1) is 29.7 Å². The molecule has 0 unspecified atom stereocenters. The molecule has 0 N–H and O–H groups in total. The number of hydrogen-bond acceptors (Lipinski definition) is 4. The Labute approximate surface area is 169 Å². The second kappa shape index (κ2) is 6.76.